The molecular weight excluding hydrogens is 208 g/mol. The molecular formula is C15H30N2. The van der Waals surface area contributed by atoms with Crippen molar-refractivity contribution in [2.75, 3.05) is 19.6 Å². The Morgan fingerprint density at radius 1 is 1.18 bits per heavy atom. The van der Waals surface area contributed by atoms with Crippen LogP contribution in [0.3, 0.4) is 0 Å². The van der Waals surface area contributed by atoms with Gasteiger partial charge in [0, 0.05) is 31.7 Å². The van der Waals surface area contributed by atoms with Crippen molar-refractivity contribution in [2.45, 2.75) is 65.0 Å². The van der Waals surface area contributed by atoms with Crippen molar-refractivity contribution in [1.29, 1.82) is 0 Å². The van der Waals surface area contributed by atoms with Gasteiger partial charge in [0.05, 0.1) is 0 Å². The second-order valence-electron chi connectivity index (χ2n) is 6.35. The van der Waals surface area contributed by atoms with Gasteiger partial charge in [-0.3, -0.25) is 4.90 Å². The summed E-state index contributed by atoms with van der Waals surface area (Å²) in [6, 6.07) is 1.46. The number of nitrogens with one attached hydrogen (secondary N) is 1. The van der Waals surface area contributed by atoms with E-state index in [4.69, 9.17) is 0 Å². The van der Waals surface area contributed by atoms with Gasteiger partial charge in [0.2, 0.25) is 0 Å². The molecule has 1 aliphatic heterocycles. The maximum Gasteiger partial charge on any atom is 0.0218 e. The zero-order valence-corrected chi connectivity index (χ0v) is 11.9. The third-order valence-corrected chi connectivity index (χ3v) is 4.96. The minimum absolute atomic E-state index is 0.677. The maximum absolute atomic E-state index is 3.62. The first-order chi connectivity index (χ1) is 8.20. The third-order valence-electron chi connectivity index (χ3n) is 4.96. The van der Waals surface area contributed by atoms with Crippen LogP contribution in [0.1, 0.15) is 52.9 Å². The van der Waals surface area contributed by atoms with E-state index in [1.807, 2.05) is 0 Å². The minimum atomic E-state index is 0.677. The predicted molar refractivity (Wildman–Crippen MR) is 74.2 cm³/mol. The first-order valence-corrected chi connectivity index (χ1v) is 7.68. The maximum atomic E-state index is 3.62. The highest BCUT2D eigenvalue weighted by atomic mass is 15.2. The lowest BCUT2D eigenvalue weighted by Gasteiger charge is -2.42. The molecule has 0 amide bonds. The quantitative estimate of drug-likeness (QED) is 0.813. The Labute approximate surface area is 107 Å². The Hall–Kier alpha value is -0.0800. The molecule has 1 aliphatic carbocycles. The first-order valence-electron chi connectivity index (χ1n) is 7.68. The molecule has 100 valence electrons. The Kier molecular flexibility index (Phi) is 4.87. The van der Waals surface area contributed by atoms with Gasteiger partial charge >= 0.3 is 0 Å². The number of rotatable bonds is 3. The van der Waals surface area contributed by atoms with Crippen molar-refractivity contribution in [2.24, 2.45) is 11.8 Å². The van der Waals surface area contributed by atoms with Crippen molar-refractivity contribution in [3.63, 3.8) is 0 Å². The fourth-order valence-electron chi connectivity index (χ4n) is 3.62. The summed E-state index contributed by atoms with van der Waals surface area (Å²) in [5.41, 5.74) is 0. The van der Waals surface area contributed by atoms with Crippen molar-refractivity contribution < 1.29 is 0 Å². The van der Waals surface area contributed by atoms with Gasteiger partial charge in [-0.05, 0) is 31.6 Å². The fraction of sp³-hybridized carbons (Fsp3) is 1.00. The van der Waals surface area contributed by atoms with Gasteiger partial charge in [-0.1, -0.05) is 33.1 Å². The summed E-state index contributed by atoms with van der Waals surface area (Å²) in [4.78, 5) is 2.77. The lowest BCUT2D eigenvalue weighted by molar-refractivity contribution is 0.0844. The van der Waals surface area contributed by atoms with Gasteiger partial charge in [0.25, 0.3) is 0 Å². The zero-order chi connectivity index (χ0) is 12.3. The lowest BCUT2D eigenvalue weighted by Crippen LogP contribution is -2.56. The third kappa shape index (κ3) is 3.45. The molecule has 1 N–H and O–H groups in total. The standard InChI is InChI=1S/C15H30N2/c1-4-15-9-16-13(3)10-17(15)11-14-8-6-5-7-12(14)2/h12-16H,4-11H2,1-3H3. The normalized spacial score (nSPS) is 40.4. The molecule has 2 nitrogen and oxygen atoms in total. The molecule has 2 rings (SSSR count). The van der Waals surface area contributed by atoms with Crippen LogP contribution in [0.2, 0.25) is 0 Å². The molecule has 1 saturated heterocycles. The van der Waals surface area contributed by atoms with Gasteiger partial charge in [-0.25, -0.2) is 0 Å². The van der Waals surface area contributed by atoms with Crippen LogP contribution in [0.4, 0.5) is 0 Å². The van der Waals surface area contributed by atoms with E-state index in [9.17, 15) is 0 Å². The molecule has 4 atom stereocenters. The van der Waals surface area contributed by atoms with Gasteiger partial charge in [0.1, 0.15) is 0 Å². The topological polar surface area (TPSA) is 15.3 Å². The molecule has 4 unspecified atom stereocenters. The Bertz CT molecular complexity index is 229. The molecule has 2 aliphatic rings. The van der Waals surface area contributed by atoms with Crippen LogP contribution in [0.15, 0.2) is 0 Å². The van der Waals surface area contributed by atoms with Crippen molar-refractivity contribution in [3.05, 3.63) is 0 Å². The van der Waals surface area contributed by atoms with Crippen LogP contribution < -0.4 is 5.32 Å². The Balaban J connectivity index is 1.90. The van der Waals surface area contributed by atoms with E-state index >= 15 is 0 Å². The predicted octanol–water partition coefficient (Wildman–Crippen LogP) is 2.89. The summed E-state index contributed by atoms with van der Waals surface area (Å²) in [5.74, 6) is 1.91. The summed E-state index contributed by atoms with van der Waals surface area (Å²) in [5, 5.41) is 3.62. The highest BCUT2D eigenvalue weighted by molar-refractivity contribution is 4.86. The molecule has 2 heteroatoms. The zero-order valence-electron chi connectivity index (χ0n) is 11.9. The van der Waals surface area contributed by atoms with E-state index in [1.165, 1.54) is 51.7 Å². The van der Waals surface area contributed by atoms with Crippen LogP contribution in [0.25, 0.3) is 0 Å². The largest absolute Gasteiger partial charge is 0.311 e. The minimum Gasteiger partial charge on any atom is -0.311 e. The fourth-order valence-corrected chi connectivity index (χ4v) is 3.62. The van der Waals surface area contributed by atoms with Crippen LogP contribution >= 0.6 is 0 Å². The average molecular weight is 238 g/mol. The summed E-state index contributed by atoms with van der Waals surface area (Å²) in [6.07, 6.45) is 7.15. The monoisotopic (exact) mass is 238 g/mol. The number of hydrogen-bond acceptors (Lipinski definition) is 2. The Morgan fingerprint density at radius 3 is 2.65 bits per heavy atom. The smallest absolute Gasteiger partial charge is 0.0218 e. The molecule has 0 aromatic rings. The van der Waals surface area contributed by atoms with E-state index in [0.29, 0.717) is 6.04 Å². The first kappa shape index (κ1) is 13.4. The second kappa shape index (κ2) is 6.19. The average Bonchev–Trinajstić information content (AvgIpc) is 2.32. The summed E-state index contributed by atoms with van der Waals surface area (Å²) in [7, 11) is 0. The number of hydrogen-bond donors (Lipinski definition) is 1. The highest BCUT2D eigenvalue weighted by Crippen LogP contribution is 2.31. The molecule has 0 spiro atoms. The van der Waals surface area contributed by atoms with Gasteiger partial charge < -0.3 is 5.32 Å². The van der Waals surface area contributed by atoms with Crippen molar-refractivity contribution in [1.82, 2.24) is 10.2 Å². The second-order valence-corrected chi connectivity index (χ2v) is 6.35. The number of nitrogens with zero attached hydrogens (tertiary/aromatic N) is 1. The molecule has 0 aromatic heterocycles. The molecule has 1 heterocycles. The molecule has 1 saturated carbocycles. The van der Waals surface area contributed by atoms with E-state index in [-0.39, 0.29) is 0 Å². The van der Waals surface area contributed by atoms with Crippen LogP contribution in [0, 0.1) is 11.8 Å². The molecule has 17 heavy (non-hydrogen) atoms. The SMILES string of the molecule is CCC1CNC(C)CN1CC1CCCCC1C. The van der Waals surface area contributed by atoms with Crippen LogP contribution in [0.5, 0.6) is 0 Å². The molecule has 0 aromatic carbocycles. The van der Waals surface area contributed by atoms with Crippen LogP contribution in [-0.2, 0) is 0 Å². The summed E-state index contributed by atoms with van der Waals surface area (Å²) >= 11 is 0. The Morgan fingerprint density at radius 2 is 1.94 bits per heavy atom. The number of piperazine rings is 1. The molecule has 2 fully saturated rings. The molecule has 0 radical (unpaired) electrons. The van der Waals surface area contributed by atoms with Gasteiger partial charge in [-0.2, -0.15) is 0 Å². The van der Waals surface area contributed by atoms with E-state index < -0.39 is 0 Å². The van der Waals surface area contributed by atoms with Gasteiger partial charge in [0.15, 0.2) is 0 Å². The summed E-state index contributed by atoms with van der Waals surface area (Å²) in [6.45, 7) is 10.9. The van der Waals surface area contributed by atoms with Crippen LogP contribution in [-0.4, -0.2) is 36.6 Å². The highest BCUT2D eigenvalue weighted by Gasteiger charge is 2.29. The van der Waals surface area contributed by atoms with E-state index in [2.05, 4.69) is 31.0 Å². The summed E-state index contributed by atoms with van der Waals surface area (Å²) < 4.78 is 0. The van der Waals surface area contributed by atoms with Crippen molar-refractivity contribution >= 4 is 0 Å². The van der Waals surface area contributed by atoms with E-state index in [1.54, 1.807) is 0 Å². The van der Waals surface area contributed by atoms with Crippen molar-refractivity contribution in [3.8, 4) is 0 Å². The van der Waals surface area contributed by atoms with Gasteiger partial charge in [-0.15, -0.1) is 0 Å². The lowest BCUT2D eigenvalue weighted by atomic mass is 9.80. The molecule has 0 bridgehead atoms. The van der Waals surface area contributed by atoms with E-state index in [0.717, 1.165) is 17.9 Å².